The Morgan fingerprint density at radius 2 is 1.65 bits per heavy atom. The summed E-state index contributed by atoms with van der Waals surface area (Å²) in [6.07, 6.45) is 1.32. The Bertz CT molecular complexity index is 620. The van der Waals surface area contributed by atoms with Crippen LogP contribution in [0, 0.1) is 23.3 Å². The van der Waals surface area contributed by atoms with Gasteiger partial charge in [0.2, 0.25) is 23.3 Å². The van der Waals surface area contributed by atoms with E-state index in [0.717, 1.165) is 0 Å². The van der Waals surface area contributed by atoms with Crippen LogP contribution in [-0.4, -0.2) is 9.97 Å². The lowest BCUT2D eigenvalue weighted by Gasteiger charge is -2.09. The van der Waals surface area contributed by atoms with Crippen LogP contribution in [0.3, 0.4) is 0 Å². The van der Waals surface area contributed by atoms with Crippen molar-refractivity contribution >= 4 is 0 Å². The van der Waals surface area contributed by atoms with Crippen molar-refractivity contribution in [2.75, 3.05) is 0 Å². The van der Waals surface area contributed by atoms with Crippen LogP contribution in [0.5, 0.6) is 11.6 Å². The molecule has 7 heteroatoms. The SMILES string of the molecule is CC(C)c1nccc(Oc2c(F)c(F)cc(F)c2F)n1. The van der Waals surface area contributed by atoms with E-state index in [4.69, 9.17) is 4.74 Å². The first kappa shape index (κ1) is 14.2. The minimum absolute atomic E-state index is 0.0440. The first-order chi connectivity index (χ1) is 9.40. The average Bonchev–Trinajstić information content (AvgIpc) is 2.42. The van der Waals surface area contributed by atoms with E-state index in [1.807, 2.05) is 13.8 Å². The Morgan fingerprint density at radius 3 is 2.20 bits per heavy atom. The summed E-state index contributed by atoms with van der Waals surface area (Å²) >= 11 is 0. The molecule has 0 N–H and O–H groups in total. The van der Waals surface area contributed by atoms with Gasteiger partial charge in [-0.15, -0.1) is 0 Å². The highest BCUT2D eigenvalue weighted by molar-refractivity contribution is 5.32. The molecule has 0 aliphatic rings. The Morgan fingerprint density at radius 1 is 1.05 bits per heavy atom. The Hall–Kier alpha value is -2.18. The molecule has 20 heavy (non-hydrogen) atoms. The second kappa shape index (κ2) is 5.44. The molecule has 2 rings (SSSR count). The summed E-state index contributed by atoms with van der Waals surface area (Å²) in [6.45, 7) is 3.62. The summed E-state index contributed by atoms with van der Waals surface area (Å²) in [5.74, 6) is -7.36. The molecule has 0 amide bonds. The predicted octanol–water partition coefficient (Wildman–Crippen LogP) is 3.95. The molecule has 1 aromatic carbocycles. The standard InChI is InChI=1S/C13H10F4N2O/c1-6(2)13-18-4-3-9(19-13)20-12-10(16)7(14)5-8(15)11(12)17/h3-6H,1-2H3. The molecule has 0 aliphatic carbocycles. The largest absolute Gasteiger partial charge is 0.432 e. The Kier molecular flexibility index (Phi) is 3.87. The summed E-state index contributed by atoms with van der Waals surface area (Å²) in [4.78, 5) is 7.83. The zero-order chi connectivity index (χ0) is 14.9. The van der Waals surface area contributed by atoms with Crippen LogP contribution >= 0.6 is 0 Å². The van der Waals surface area contributed by atoms with Gasteiger partial charge in [-0.25, -0.2) is 13.8 Å². The maximum absolute atomic E-state index is 13.4. The van der Waals surface area contributed by atoms with E-state index < -0.39 is 29.0 Å². The number of hydrogen-bond donors (Lipinski definition) is 0. The number of hydrogen-bond acceptors (Lipinski definition) is 3. The molecule has 0 saturated carbocycles. The second-order valence-electron chi connectivity index (χ2n) is 4.31. The maximum Gasteiger partial charge on any atom is 0.222 e. The summed E-state index contributed by atoms with van der Waals surface area (Å²) < 4.78 is 57.8. The van der Waals surface area contributed by atoms with Gasteiger partial charge in [0.15, 0.2) is 11.6 Å². The molecular weight excluding hydrogens is 276 g/mol. The molecule has 0 unspecified atom stereocenters. The van der Waals surface area contributed by atoms with E-state index in [1.165, 1.54) is 12.3 Å². The second-order valence-corrected chi connectivity index (χ2v) is 4.31. The van der Waals surface area contributed by atoms with Crippen LogP contribution in [0.25, 0.3) is 0 Å². The Labute approximate surface area is 112 Å². The molecule has 106 valence electrons. The zero-order valence-corrected chi connectivity index (χ0v) is 10.6. The van der Waals surface area contributed by atoms with Gasteiger partial charge in [0, 0.05) is 24.2 Å². The van der Waals surface area contributed by atoms with Crippen LogP contribution in [0.2, 0.25) is 0 Å². The first-order valence-electron chi connectivity index (χ1n) is 5.74. The molecule has 0 fully saturated rings. The number of benzene rings is 1. The fourth-order valence-electron chi connectivity index (χ4n) is 1.44. The molecule has 0 spiro atoms. The highest BCUT2D eigenvalue weighted by Crippen LogP contribution is 2.30. The minimum Gasteiger partial charge on any atom is -0.432 e. The van der Waals surface area contributed by atoms with Crippen LogP contribution in [0.1, 0.15) is 25.6 Å². The van der Waals surface area contributed by atoms with E-state index in [9.17, 15) is 17.6 Å². The number of halogens is 4. The van der Waals surface area contributed by atoms with Crippen LogP contribution in [0.15, 0.2) is 18.3 Å². The van der Waals surface area contributed by atoms with Crippen LogP contribution in [0.4, 0.5) is 17.6 Å². The minimum atomic E-state index is -1.62. The third kappa shape index (κ3) is 2.71. The van der Waals surface area contributed by atoms with E-state index in [-0.39, 0.29) is 17.9 Å². The van der Waals surface area contributed by atoms with Gasteiger partial charge in [-0.1, -0.05) is 13.8 Å². The lowest BCUT2D eigenvalue weighted by atomic mass is 10.2. The van der Waals surface area contributed by atoms with Gasteiger partial charge in [-0.2, -0.15) is 13.8 Å². The van der Waals surface area contributed by atoms with Gasteiger partial charge in [-0.3, -0.25) is 0 Å². The van der Waals surface area contributed by atoms with E-state index in [0.29, 0.717) is 5.82 Å². The van der Waals surface area contributed by atoms with Gasteiger partial charge in [0.05, 0.1) is 0 Å². The summed E-state index contributed by atoms with van der Waals surface area (Å²) in [6, 6.07) is 1.34. The number of ether oxygens (including phenoxy) is 1. The highest BCUT2D eigenvalue weighted by atomic mass is 19.2. The Balaban J connectivity index is 2.42. The van der Waals surface area contributed by atoms with Crippen molar-refractivity contribution < 1.29 is 22.3 Å². The van der Waals surface area contributed by atoms with E-state index in [1.54, 1.807) is 0 Å². The van der Waals surface area contributed by atoms with Crippen LogP contribution in [-0.2, 0) is 0 Å². The van der Waals surface area contributed by atoms with Gasteiger partial charge in [-0.05, 0) is 0 Å². The molecule has 0 saturated heterocycles. The quantitative estimate of drug-likeness (QED) is 0.633. The topological polar surface area (TPSA) is 35.0 Å². The van der Waals surface area contributed by atoms with Crippen LogP contribution < -0.4 is 4.74 Å². The van der Waals surface area contributed by atoms with Crippen molar-refractivity contribution in [2.45, 2.75) is 19.8 Å². The van der Waals surface area contributed by atoms with Crippen molar-refractivity contribution in [2.24, 2.45) is 0 Å². The molecule has 0 atom stereocenters. The zero-order valence-electron chi connectivity index (χ0n) is 10.6. The molecule has 0 radical (unpaired) electrons. The fourth-order valence-corrected chi connectivity index (χ4v) is 1.44. The number of rotatable bonds is 3. The third-order valence-electron chi connectivity index (χ3n) is 2.44. The summed E-state index contributed by atoms with van der Waals surface area (Å²) in [7, 11) is 0. The molecular formula is C13H10F4N2O. The first-order valence-corrected chi connectivity index (χ1v) is 5.74. The van der Waals surface area contributed by atoms with Gasteiger partial charge >= 0.3 is 0 Å². The highest BCUT2D eigenvalue weighted by Gasteiger charge is 2.21. The van der Waals surface area contributed by atoms with E-state index >= 15 is 0 Å². The normalized spacial score (nSPS) is 10.9. The van der Waals surface area contributed by atoms with Crippen molar-refractivity contribution in [3.63, 3.8) is 0 Å². The molecule has 0 bridgehead atoms. The molecule has 2 aromatic rings. The van der Waals surface area contributed by atoms with Crippen molar-refractivity contribution in [3.8, 4) is 11.6 Å². The molecule has 1 aromatic heterocycles. The number of nitrogens with zero attached hydrogens (tertiary/aromatic N) is 2. The molecule has 1 heterocycles. The third-order valence-corrected chi connectivity index (χ3v) is 2.44. The van der Waals surface area contributed by atoms with Gasteiger partial charge in [0.25, 0.3) is 0 Å². The van der Waals surface area contributed by atoms with Gasteiger partial charge < -0.3 is 4.74 Å². The maximum atomic E-state index is 13.4. The number of aromatic nitrogens is 2. The monoisotopic (exact) mass is 286 g/mol. The van der Waals surface area contributed by atoms with E-state index in [2.05, 4.69) is 9.97 Å². The van der Waals surface area contributed by atoms with Crippen molar-refractivity contribution in [1.29, 1.82) is 0 Å². The molecule has 0 aliphatic heterocycles. The fraction of sp³-hybridized carbons (Fsp3) is 0.231. The van der Waals surface area contributed by atoms with Crippen molar-refractivity contribution in [1.82, 2.24) is 9.97 Å². The summed E-state index contributed by atoms with van der Waals surface area (Å²) in [5, 5.41) is 0. The molecule has 3 nitrogen and oxygen atoms in total. The average molecular weight is 286 g/mol. The smallest absolute Gasteiger partial charge is 0.222 e. The lowest BCUT2D eigenvalue weighted by molar-refractivity contribution is 0.357. The van der Waals surface area contributed by atoms with Crippen molar-refractivity contribution in [3.05, 3.63) is 47.4 Å². The predicted molar refractivity (Wildman–Crippen MR) is 62.5 cm³/mol. The summed E-state index contributed by atoms with van der Waals surface area (Å²) in [5.41, 5.74) is 0. The van der Waals surface area contributed by atoms with Gasteiger partial charge in [0.1, 0.15) is 5.82 Å². The lowest BCUT2D eigenvalue weighted by Crippen LogP contribution is -2.02.